The van der Waals surface area contributed by atoms with E-state index in [0.717, 1.165) is 0 Å². The van der Waals surface area contributed by atoms with E-state index in [2.05, 4.69) is 15.0 Å². The van der Waals surface area contributed by atoms with Crippen molar-refractivity contribution in [2.45, 2.75) is 0 Å². The Bertz CT molecular complexity index is 729. The van der Waals surface area contributed by atoms with Gasteiger partial charge in [-0.1, -0.05) is 0 Å². The van der Waals surface area contributed by atoms with Crippen molar-refractivity contribution in [3.05, 3.63) is 53.1 Å². The summed E-state index contributed by atoms with van der Waals surface area (Å²) in [7, 11) is 0. The number of rotatable bonds is 1. The number of aromatic amines is 1. The molecule has 0 spiro atoms. The van der Waals surface area contributed by atoms with Gasteiger partial charge in [0.2, 0.25) is 0 Å². The minimum Gasteiger partial charge on any atom is -0.311 e. The van der Waals surface area contributed by atoms with Gasteiger partial charge >= 0.3 is 0 Å². The number of nitrogens with zero attached hydrogens (tertiary/aromatic N) is 3. The first-order chi connectivity index (χ1) is 8.25. The summed E-state index contributed by atoms with van der Waals surface area (Å²) in [6.07, 6.45) is 2.78. The van der Waals surface area contributed by atoms with Crippen molar-refractivity contribution >= 4 is 11.2 Å². The van der Waals surface area contributed by atoms with Gasteiger partial charge in [0.05, 0.1) is 6.33 Å². The predicted molar refractivity (Wildman–Crippen MR) is 59.4 cm³/mol. The minimum atomic E-state index is -0.329. The molecular formula is C11H7FN4O. The topological polar surface area (TPSA) is 63.6 Å². The lowest BCUT2D eigenvalue weighted by Crippen LogP contribution is -2.10. The maximum Gasteiger partial charge on any atom is 0.277 e. The summed E-state index contributed by atoms with van der Waals surface area (Å²) in [6.45, 7) is 0. The van der Waals surface area contributed by atoms with Crippen molar-refractivity contribution in [1.29, 1.82) is 0 Å². The third-order valence-electron chi connectivity index (χ3n) is 2.45. The van der Waals surface area contributed by atoms with E-state index in [1.807, 2.05) is 0 Å². The molecule has 0 amide bonds. The van der Waals surface area contributed by atoms with E-state index in [9.17, 15) is 9.18 Å². The highest BCUT2D eigenvalue weighted by molar-refractivity contribution is 5.71. The van der Waals surface area contributed by atoms with E-state index in [-0.39, 0.29) is 11.4 Å². The molecule has 0 saturated heterocycles. The van der Waals surface area contributed by atoms with Crippen LogP contribution < -0.4 is 5.56 Å². The minimum absolute atomic E-state index is 0.281. The van der Waals surface area contributed by atoms with Gasteiger partial charge in [0.25, 0.3) is 5.56 Å². The largest absolute Gasteiger partial charge is 0.311 e. The van der Waals surface area contributed by atoms with Crippen LogP contribution in [0.15, 0.2) is 41.7 Å². The highest BCUT2D eigenvalue weighted by Gasteiger charge is 2.08. The summed E-state index contributed by atoms with van der Waals surface area (Å²) >= 11 is 0. The van der Waals surface area contributed by atoms with Gasteiger partial charge in [-0.2, -0.15) is 0 Å². The number of benzene rings is 1. The van der Waals surface area contributed by atoms with Crippen LogP contribution in [0.25, 0.3) is 16.9 Å². The molecule has 0 unspecified atom stereocenters. The van der Waals surface area contributed by atoms with Crippen molar-refractivity contribution < 1.29 is 4.39 Å². The zero-order valence-electron chi connectivity index (χ0n) is 8.59. The Hall–Kier alpha value is -2.50. The van der Waals surface area contributed by atoms with Crippen molar-refractivity contribution in [3.8, 4) is 5.69 Å². The van der Waals surface area contributed by atoms with Crippen LogP contribution >= 0.6 is 0 Å². The molecule has 0 aliphatic carbocycles. The van der Waals surface area contributed by atoms with Crippen LogP contribution in [-0.4, -0.2) is 19.5 Å². The van der Waals surface area contributed by atoms with E-state index in [1.54, 1.807) is 16.7 Å². The molecular weight excluding hydrogens is 223 g/mol. The lowest BCUT2D eigenvalue weighted by molar-refractivity contribution is 0.627. The first-order valence-electron chi connectivity index (χ1n) is 4.92. The molecule has 0 aliphatic heterocycles. The van der Waals surface area contributed by atoms with Gasteiger partial charge in [0.1, 0.15) is 12.1 Å². The Morgan fingerprint density at radius 3 is 2.71 bits per heavy atom. The number of fused-ring (bicyclic) bond motifs is 1. The summed E-state index contributed by atoms with van der Waals surface area (Å²) in [5.74, 6) is -0.329. The summed E-state index contributed by atoms with van der Waals surface area (Å²) in [5.41, 5.74) is 1.08. The molecule has 0 radical (unpaired) electrons. The molecule has 17 heavy (non-hydrogen) atoms. The first-order valence-corrected chi connectivity index (χ1v) is 4.92. The molecule has 1 aromatic carbocycles. The van der Waals surface area contributed by atoms with Gasteiger partial charge in [-0.25, -0.2) is 14.4 Å². The number of halogens is 1. The van der Waals surface area contributed by atoms with Crippen molar-refractivity contribution in [2.24, 2.45) is 0 Å². The number of H-pyrrole nitrogens is 1. The maximum absolute atomic E-state index is 12.8. The van der Waals surface area contributed by atoms with E-state index >= 15 is 0 Å². The van der Waals surface area contributed by atoms with Crippen molar-refractivity contribution in [1.82, 2.24) is 19.5 Å². The average Bonchev–Trinajstić information content (AvgIpc) is 2.75. The van der Waals surface area contributed by atoms with Crippen LogP contribution in [0.2, 0.25) is 0 Å². The van der Waals surface area contributed by atoms with E-state index < -0.39 is 0 Å². The van der Waals surface area contributed by atoms with Crippen LogP contribution in [0, 0.1) is 5.82 Å². The molecule has 2 aromatic heterocycles. The molecule has 0 saturated carbocycles. The zero-order valence-corrected chi connectivity index (χ0v) is 8.59. The highest BCUT2D eigenvalue weighted by Crippen LogP contribution is 2.13. The smallest absolute Gasteiger partial charge is 0.277 e. The van der Waals surface area contributed by atoms with E-state index in [0.29, 0.717) is 16.9 Å². The van der Waals surface area contributed by atoms with Gasteiger partial charge in [-0.3, -0.25) is 9.36 Å². The van der Waals surface area contributed by atoms with Gasteiger partial charge in [-0.05, 0) is 24.3 Å². The van der Waals surface area contributed by atoms with Gasteiger partial charge in [0.15, 0.2) is 11.2 Å². The third-order valence-corrected chi connectivity index (χ3v) is 2.45. The molecule has 84 valence electrons. The second kappa shape index (κ2) is 3.51. The second-order valence-electron chi connectivity index (χ2n) is 3.49. The highest BCUT2D eigenvalue weighted by atomic mass is 19.1. The molecule has 3 rings (SSSR count). The number of nitrogens with one attached hydrogen (secondary N) is 1. The summed E-state index contributed by atoms with van der Waals surface area (Å²) < 4.78 is 14.4. The zero-order chi connectivity index (χ0) is 11.8. The summed E-state index contributed by atoms with van der Waals surface area (Å²) in [5, 5.41) is 0. The molecule has 0 atom stereocenters. The predicted octanol–water partition coefficient (Wildman–Crippen LogP) is 1.25. The molecule has 1 N–H and O–H groups in total. The van der Waals surface area contributed by atoms with Crippen LogP contribution in [0.5, 0.6) is 0 Å². The lowest BCUT2D eigenvalue weighted by atomic mass is 10.3. The Morgan fingerprint density at radius 1 is 1.18 bits per heavy atom. The van der Waals surface area contributed by atoms with Crippen LogP contribution in [0.4, 0.5) is 4.39 Å². The number of aromatic nitrogens is 4. The molecule has 2 heterocycles. The number of hydrogen-bond acceptors (Lipinski definition) is 3. The molecule has 3 aromatic rings. The Labute approximate surface area is 94.6 Å². The monoisotopic (exact) mass is 230 g/mol. The Balaban J connectivity index is 2.31. The molecule has 0 aliphatic rings. The molecule has 0 fully saturated rings. The molecule has 0 bridgehead atoms. The summed E-state index contributed by atoms with van der Waals surface area (Å²) in [4.78, 5) is 22.1. The van der Waals surface area contributed by atoms with Gasteiger partial charge in [-0.15, -0.1) is 0 Å². The van der Waals surface area contributed by atoms with Crippen molar-refractivity contribution in [3.63, 3.8) is 0 Å². The normalized spacial score (nSPS) is 10.9. The average molecular weight is 230 g/mol. The SMILES string of the molecule is O=c1[nH]cnc2ncn(-c3ccc(F)cc3)c12. The van der Waals surface area contributed by atoms with Crippen LogP contribution in [0.3, 0.4) is 0 Å². The fourth-order valence-electron chi connectivity index (χ4n) is 1.66. The molecule has 6 heteroatoms. The maximum atomic E-state index is 12.8. The first kappa shape index (κ1) is 9.71. The van der Waals surface area contributed by atoms with E-state index in [1.165, 1.54) is 24.8 Å². The van der Waals surface area contributed by atoms with E-state index in [4.69, 9.17) is 0 Å². The van der Waals surface area contributed by atoms with Gasteiger partial charge < -0.3 is 4.98 Å². The Morgan fingerprint density at radius 2 is 1.94 bits per heavy atom. The second-order valence-corrected chi connectivity index (χ2v) is 3.49. The van der Waals surface area contributed by atoms with Crippen molar-refractivity contribution in [2.75, 3.05) is 0 Å². The summed E-state index contributed by atoms with van der Waals surface area (Å²) in [6, 6.07) is 5.79. The lowest BCUT2D eigenvalue weighted by Gasteiger charge is -2.02. The van der Waals surface area contributed by atoms with Crippen LogP contribution in [0.1, 0.15) is 0 Å². The fraction of sp³-hybridized carbons (Fsp3) is 0. The fourth-order valence-corrected chi connectivity index (χ4v) is 1.66. The van der Waals surface area contributed by atoms with Crippen LogP contribution in [-0.2, 0) is 0 Å². The molecule has 5 nitrogen and oxygen atoms in total. The quantitative estimate of drug-likeness (QED) is 0.684. The Kier molecular flexibility index (Phi) is 2.01. The number of imidazole rings is 1. The number of hydrogen-bond donors (Lipinski definition) is 1. The van der Waals surface area contributed by atoms with Gasteiger partial charge in [0, 0.05) is 5.69 Å². The standard InChI is InChI=1S/C11H7FN4O/c12-7-1-3-8(4-2-7)16-6-15-10-9(16)11(17)14-5-13-10/h1-6H,(H,13,14,17). The third kappa shape index (κ3) is 1.50.